The highest BCUT2D eigenvalue weighted by Gasteiger charge is 2.45. The molecule has 0 saturated heterocycles. The zero-order valence-electron chi connectivity index (χ0n) is 33.8. The number of hydrogen-bond acceptors (Lipinski definition) is 5. The van der Waals surface area contributed by atoms with Crippen LogP contribution in [0, 0.1) is 29.6 Å². The molecule has 0 spiro atoms. The topological polar surface area (TPSA) is 73.9 Å². The van der Waals surface area contributed by atoms with Crippen LogP contribution in [0.3, 0.4) is 0 Å². The van der Waals surface area contributed by atoms with Gasteiger partial charge in [-0.15, -0.1) is 0 Å². The summed E-state index contributed by atoms with van der Waals surface area (Å²) in [6.07, 6.45) is 13.3. The van der Waals surface area contributed by atoms with Gasteiger partial charge in [0.05, 0.1) is 18.4 Å². The molecule has 0 radical (unpaired) electrons. The summed E-state index contributed by atoms with van der Waals surface area (Å²) in [5, 5.41) is 3.24. The first-order valence-electron chi connectivity index (χ1n) is 19.3. The molecule has 1 amide bonds. The van der Waals surface area contributed by atoms with E-state index < -0.39 is 16.6 Å². The average Bonchev–Trinajstić information content (AvgIpc) is 2.94. The van der Waals surface area contributed by atoms with Crippen LogP contribution >= 0.6 is 0 Å². The van der Waals surface area contributed by atoms with Crippen LogP contribution < -0.4 is 5.32 Å². The highest BCUT2D eigenvalue weighted by molar-refractivity contribution is 6.74. The van der Waals surface area contributed by atoms with Gasteiger partial charge in [-0.1, -0.05) is 101 Å². The third-order valence-electron chi connectivity index (χ3n) is 12.0. The summed E-state index contributed by atoms with van der Waals surface area (Å²) in [7, 11) is -4.29. The molecular formula is C40H75NO5Si2. The van der Waals surface area contributed by atoms with Crippen molar-refractivity contribution < 1.29 is 23.2 Å². The number of allylic oxidation sites excluding steroid dienone is 3. The van der Waals surface area contributed by atoms with Gasteiger partial charge in [0, 0.05) is 18.6 Å². The van der Waals surface area contributed by atoms with E-state index in [4.69, 9.17) is 13.6 Å². The van der Waals surface area contributed by atoms with Crippen LogP contribution in [0.25, 0.3) is 0 Å². The molecule has 0 fully saturated rings. The van der Waals surface area contributed by atoms with Gasteiger partial charge in [0.1, 0.15) is 6.10 Å². The van der Waals surface area contributed by atoms with E-state index in [0.717, 1.165) is 38.5 Å². The second-order valence-electron chi connectivity index (χ2n) is 18.3. The summed E-state index contributed by atoms with van der Waals surface area (Å²) >= 11 is 0. The Labute approximate surface area is 298 Å². The van der Waals surface area contributed by atoms with Crippen molar-refractivity contribution in [3.05, 3.63) is 23.8 Å². The molecule has 2 aliphatic rings. The molecule has 8 atom stereocenters. The van der Waals surface area contributed by atoms with Crippen molar-refractivity contribution in [1.29, 1.82) is 0 Å². The Hall–Kier alpha value is -1.23. The summed E-state index contributed by atoms with van der Waals surface area (Å²) in [5.41, 5.74) is 1.32. The van der Waals surface area contributed by atoms with E-state index in [1.807, 2.05) is 6.92 Å². The molecule has 2 rings (SSSR count). The first kappa shape index (κ1) is 42.9. The zero-order chi connectivity index (χ0) is 36.7. The van der Waals surface area contributed by atoms with Crippen LogP contribution in [0.5, 0.6) is 0 Å². The van der Waals surface area contributed by atoms with Crippen molar-refractivity contribution in [3.63, 3.8) is 0 Å². The molecule has 0 heterocycles. The lowest BCUT2D eigenvalue weighted by Gasteiger charge is -2.45. The van der Waals surface area contributed by atoms with Crippen molar-refractivity contribution in [2.24, 2.45) is 29.6 Å². The second kappa shape index (κ2) is 17.8. The fourth-order valence-electron chi connectivity index (χ4n) is 6.59. The molecule has 8 heteroatoms. The highest BCUT2D eigenvalue weighted by atomic mass is 28.4. The summed E-state index contributed by atoms with van der Waals surface area (Å²) < 4.78 is 20.6. The summed E-state index contributed by atoms with van der Waals surface area (Å²) in [6.45, 7) is 34.3. The van der Waals surface area contributed by atoms with Crippen LogP contribution in [0.4, 0.5) is 0 Å². The predicted molar refractivity (Wildman–Crippen MR) is 207 cm³/mol. The minimum Gasteiger partial charge on any atom is -0.461 e. The standard InChI is InChI=1S/C40H75NO5Si2/c1-16-18-23-41-36(42)27-33(46-48(14,15)40(9,10)11)26-32(45-47(12,13)39(6,7)8)21-22-34-30(5)19-20-31-24-28(3)25-35(37(31)34)44-38(43)29(4)17-2/h19-20,24,28-30,32-35,37H,16-18,21-23,25-27H2,1-15H3,(H,41,42)/t28-,29-,30-,32+,33+,34-,35-,37?/m0/s1. The van der Waals surface area contributed by atoms with Crippen LogP contribution in [-0.4, -0.2) is 53.4 Å². The Morgan fingerprint density at radius 2 is 1.54 bits per heavy atom. The number of nitrogens with one attached hydrogen (secondary N) is 1. The van der Waals surface area contributed by atoms with E-state index in [2.05, 4.69) is 119 Å². The normalized spacial score (nSPS) is 25.5. The Morgan fingerprint density at radius 3 is 2.08 bits per heavy atom. The summed E-state index contributed by atoms with van der Waals surface area (Å²) in [5.74, 6) is 1.17. The maximum atomic E-state index is 13.3. The first-order chi connectivity index (χ1) is 22.0. The predicted octanol–water partition coefficient (Wildman–Crippen LogP) is 10.6. The smallest absolute Gasteiger partial charge is 0.308 e. The number of rotatable bonds is 17. The van der Waals surface area contributed by atoms with Crippen molar-refractivity contribution in [1.82, 2.24) is 5.32 Å². The number of hydrogen-bond donors (Lipinski definition) is 1. The van der Waals surface area contributed by atoms with E-state index in [1.54, 1.807) is 0 Å². The lowest BCUT2D eigenvalue weighted by atomic mass is 9.65. The average molecular weight is 706 g/mol. The van der Waals surface area contributed by atoms with Crippen molar-refractivity contribution in [2.45, 2.75) is 182 Å². The van der Waals surface area contributed by atoms with Crippen LogP contribution in [0.2, 0.25) is 36.3 Å². The van der Waals surface area contributed by atoms with Crippen molar-refractivity contribution in [3.8, 4) is 0 Å². The molecule has 0 aromatic rings. The molecule has 0 bridgehead atoms. The largest absolute Gasteiger partial charge is 0.461 e. The van der Waals surface area contributed by atoms with Gasteiger partial charge in [-0.3, -0.25) is 9.59 Å². The Morgan fingerprint density at radius 1 is 0.958 bits per heavy atom. The highest BCUT2D eigenvalue weighted by Crippen LogP contribution is 2.46. The Bertz CT molecular complexity index is 1100. The van der Waals surface area contributed by atoms with Gasteiger partial charge in [0.2, 0.25) is 5.91 Å². The molecule has 0 saturated carbocycles. The number of carbonyl (C=O) groups excluding carboxylic acids is 2. The van der Waals surface area contributed by atoms with Crippen molar-refractivity contribution in [2.75, 3.05) is 6.54 Å². The fraction of sp³-hybridized carbons (Fsp3) is 0.850. The van der Waals surface area contributed by atoms with E-state index in [9.17, 15) is 9.59 Å². The molecule has 1 unspecified atom stereocenters. The number of esters is 1. The monoisotopic (exact) mass is 706 g/mol. The number of fused-ring (bicyclic) bond motifs is 1. The maximum absolute atomic E-state index is 13.3. The molecule has 2 aliphatic carbocycles. The molecule has 48 heavy (non-hydrogen) atoms. The number of unbranched alkanes of at least 4 members (excludes halogenated alkanes) is 1. The second-order valence-corrected chi connectivity index (χ2v) is 27.8. The minimum atomic E-state index is -2.16. The lowest BCUT2D eigenvalue weighted by Crippen LogP contribution is -2.48. The van der Waals surface area contributed by atoms with Crippen molar-refractivity contribution >= 4 is 28.5 Å². The molecule has 6 nitrogen and oxygen atoms in total. The number of ether oxygens (including phenoxy) is 1. The first-order valence-corrected chi connectivity index (χ1v) is 25.1. The molecule has 0 aromatic heterocycles. The Balaban J connectivity index is 2.44. The maximum Gasteiger partial charge on any atom is 0.308 e. The van der Waals surface area contributed by atoms with Gasteiger partial charge in [0.15, 0.2) is 16.6 Å². The summed E-state index contributed by atoms with van der Waals surface area (Å²) in [4.78, 5) is 26.3. The lowest BCUT2D eigenvalue weighted by molar-refractivity contribution is -0.158. The fourth-order valence-corrected chi connectivity index (χ4v) is 9.36. The van der Waals surface area contributed by atoms with E-state index in [1.165, 1.54) is 5.57 Å². The van der Waals surface area contributed by atoms with Crippen LogP contribution in [0.15, 0.2) is 23.8 Å². The quantitative estimate of drug-likeness (QED) is 0.0926. The van der Waals surface area contributed by atoms with Crippen LogP contribution in [-0.2, 0) is 23.2 Å². The van der Waals surface area contributed by atoms with E-state index in [0.29, 0.717) is 37.1 Å². The molecule has 0 aliphatic heterocycles. The van der Waals surface area contributed by atoms with Gasteiger partial charge < -0.3 is 18.9 Å². The third kappa shape index (κ3) is 12.2. The van der Waals surface area contributed by atoms with E-state index in [-0.39, 0.29) is 52.1 Å². The molecule has 1 N–H and O–H groups in total. The molecular weight excluding hydrogens is 631 g/mol. The zero-order valence-corrected chi connectivity index (χ0v) is 35.8. The van der Waals surface area contributed by atoms with Gasteiger partial charge >= 0.3 is 5.97 Å². The third-order valence-corrected chi connectivity index (χ3v) is 21.1. The minimum absolute atomic E-state index is 0.0294. The SMILES string of the molecule is CCCCNC(=O)C[C@@H](C[C@@H](CC[C@@H]1C2C(=C[C@H](C)C[C@@H]2OC(=O)[C@@H](C)CC)C=C[C@@H]1C)O[Si](C)(C)C(C)(C)C)O[Si](C)(C)C(C)(C)C. The Kier molecular flexibility index (Phi) is 15.9. The molecule has 278 valence electrons. The van der Waals surface area contributed by atoms with Crippen LogP contribution in [0.1, 0.15) is 128 Å². The molecule has 0 aromatic carbocycles. The number of amides is 1. The van der Waals surface area contributed by atoms with Gasteiger partial charge in [-0.2, -0.15) is 0 Å². The van der Waals surface area contributed by atoms with Gasteiger partial charge in [-0.25, -0.2) is 0 Å². The van der Waals surface area contributed by atoms with E-state index >= 15 is 0 Å². The van der Waals surface area contributed by atoms with Gasteiger partial charge in [0.25, 0.3) is 0 Å². The van der Waals surface area contributed by atoms with Gasteiger partial charge in [-0.05, 0) is 98.1 Å². The number of carbonyl (C=O) groups is 2. The summed E-state index contributed by atoms with van der Waals surface area (Å²) in [6, 6.07) is 0.